The summed E-state index contributed by atoms with van der Waals surface area (Å²) in [5.74, 6) is 1.61. The van der Waals surface area contributed by atoms with E-state index in [1.54, 1.807) is 12.1 Å². The van der Waals surface area contributed by atoms with Gasteiger partial charge in [-0.2, -0.15) is 0 Å². The van der Waals surface area contributed by atoms with Crippen molar-refractivity contribution in [2.75, 3.05) is 19.6 Å². The molecule has 1 aliphatic heterocycles. The number of halogens is 1. The Hall–Kier alpha value is -2.28. The predicted octanol–water partition coefficient (Wildman–Crippen LogP) is 2.83. The van der Waals surface area contributed by atoms with Crippen LogP contribution in [-0.4, -0.2) is 40.6 Å². The van der Waals surface area contributed by atoms with Crippen LogP contribution in [0.25, 0.3) is 0 Å². The summed E-state index contributed by atoms with van der Waals surface area (Å²) in [5.41, 5.74) is 0.885. The van der Waals surface area contributed by atoms with Gasteiger partial charge in [0, 0.05) is 18.4 Å². The highest BCUT2D eigenvalue weighted by Crippen LogP contribution is 2.28. The fraction of sp³-hybridized carbons (Fsp3) is 0.526. The van der Waals surface area contributed by atoms with Crippen molar-refractivity contribution in [2.45, 2.75) is 45.1 Å². The van der Waals surface area contributed by atoms with Crippen LogP contribution in [0.4, 0.5) is 4.39 Å². The van der Waals surface area contributed by atoms with E-state index in [4.69, 9.17) is 4.42 Å². The summed E-state index contributed by atoms with van der Waals surface area (Å²) in [6.07, 6.45) is 1.82. The van der Waals surface area contributed by atoms with E-state index in [2.05, 4.69) is 20.4 Å². The molecule has 2 aromatic rings. The number of nitrogens with one attached hydrogen (secondary N) is 1. The first kappa shape index (κ1) is 18.5. The molecule has 140 valence electrons. The number of amides is 1. The number of piperidine rings is 1. The van der Waals surface area contributed by atoms with Crippen LogP contribution in [0.3, 0.4) is 0 Å². The fourth-order valence-electron chi connectivity index (χ4n) is 3.04. The molecule has 1 N–H and O–H groups in total. The molecular formula is C19H25FN4O2. The quantitative estimate of drug-likeness (QED) is 0.858. The Morgan fingerprint density at radius 3 is 2.58 bits per heavy atom. The molecule has 1 aromatic carbocycles. The standard InChI is InChI=1S/C19H25FN4O2/c1-13(2)18-22-23-19(26-18)15-7-9-24(10-8-15)12-17(25)21-11-14-3-5-16(20)6-4-14/h3-6,13,15H,7-12H2,1-2H3,(H,21,25). The summed E-state index contributed by atoms with van der Waals surface area (Å²) < 4.78 is 18.6. The molecule has 0 spiro atoms. The van der Waals surface area contributed by atoms with Crippen LogP contribution in [0.15, 0.2) is 28.7 Å². The van der Waals surface area contributed by atoms with E-state index < -0.39 is 0 Å². The Balaban J connectivity index is 1.41. The summed E-state index contributed by atoms with van der Waals surface area (Å²) in [5, 5.41) is 11.2. The molecule has 0 radical (unpaired) electrons. The smallest absolute Gasteiger partial charge is 0.234 e. The maximum absolute atomic E-state index is 12.9. The van der Waals surface area contributed by atoms with E-state index >= 15 is 0 Å². The van der Waals surface area contributed by atoms with Gasteiger partial charge in [-0.3, -0.25) is 9.69 Å². The number of rotatable bonds is 6. The van der Waals surface area contributed by atoms with Crippen LogP contribution in [0.5, 0.6) is 0 Å². The van der Waals surface area contributed by atoms with Gasteiger partial charge in [0.25, 0.3) is 0 Å². The number of aromatic nitrogens is 2. The molecule has 0 saturated carbocycles. The van der Waals surface area contributed by atoms with E-state index in [0.29, 0.717) is 24.9 Å². The lowest BCUT2D eigenvalue weighted by Crippen LogP contribution is -2.41. The van der Waals surface area contributed by atoms with Gasteiger partial charge in [-0.1, -0.05) is 26.0 Å². The zero-order chi connectivity index (χ0) is 18.5. The van der Waals surface area contributed by atoms with Crippen LogP contribution in [0, 0.1) is 5.82 Å². The van der Waals surface area contributed by atoms with Crippen LogP contribution >= 0.6 is 0 Å². The first-order valence-corrected chi connectivity index (χ1v) is 9.08. The highest BCUT2D eigenvalue weighted by molar-refractivity contribution is 5.78. The molecular weight excluding hydrogens is 335 g/mol. The van der Waals surface area contributed by atoms with E-state index in [1.807, 2.05) is 13.8 Å². The topological polar surface area (TPSA) is 71.3 Å². The third-order valence-corrected chi connectivity index (χ3v) is 4.66. The molecule has 1 aliphatic rings. The van der Waals surface area contributed by atoms with Crippen molar-refractivity contribution in [3.63, 3.8) is 0 Å². The van der Waals surface area contributed by atoms with Gasteiger partial charge in [-0.25, -0.2) is 4.39 Å². The highest BCUT2D eigenvalue weighted by atomic mass is 19.1. The van der Waals surface area contributed by atoms with Crippen molar-refractivity contribution in [2.24, 2.45) is 0 Å². The van der Waals surface area contributed by atoms with E-state index in [9.17, 15) is 9.18 Å². The molecule has 1 saturated heterocycles. The van der Waals surface area contributed by atoms with Crippen molar-refractivity contribution < 1.29 is 13.6 Å². The maximum Gasteiger partial charge on any atom is 0.234 e. The fourth-order valence-corrected chi connectivity index (χ4v) is 3.04. The lowest BCUT2D eigenvalue weighted by atomic mass is 9.97. The number of benzene rings is 1. The molecule has 3 rings (SSSR count). The Morgan fingerprint density at radius 1 is 1.27 bits per heavy atom. The minimum absolute atomic E-state index is 0.0207. The molecule has 1 fully saturated rings. The molecule has 7 heteroatoms. The van der Waals surface area contributed by atoms with Gasteiger partial charge in [-0.05, 0) is 43.6 Å². The van der Waals surface area contributed by atoms with Crippen molar-refractivity contribution in [1.29, 1.82) is 0 Å². The SMILES string of the molecule is CC(C)c1nnc(C2CCN(CC(=O)NCc3ccc(F)cc3)CC2)o1. The van der Waals surface area contributed by atoms with Gasteiger partial charge in [0.15, 0.2) is 0 Å². The molecule has 6 nitrogen and oxygen atoms in total. The van der Waals surface area contributed by atoms with Crippen molar-refractivity contribution in [3.05, 3.63) is 47.4 Å². The van der Waals surface area contributed by atoms with Gasteiger partial charge in [0.1, 0.15) is 5.82 Å². The first-order valence-electron chi connectivity index (χ1n) is 9.08. The molecule has 0 unspecified atom stereocenters. The lowest BCUT2D eigenvalue weighted by molar-refractivity contribution is -0.122. The van der Waals surface area contributed by atoms with Gasteiger partial charge in [0.05, 0.1) is 6.54 Å². The Bertz CT molecular complexity index is 721. The number of nitrogens with zero attached hydrogens (tertiary/aromatic N) is 3. The van der Waals surface area contributed by atoms with Crippen LogP contribution < -0.4 is 5.32 Å². The number of likely N-dealkylation sites (tertiary alicyclic amines) is 1. The van der Waals surface area contributed by atoms with E-state index in [0.717, 1.165) is 31.5 Å². The van der Waals surface area contributed by atoms with Gasteiger partial charge in [-0.15, -0.1) is 10.2 Å². The van der Waals surface area contributed by atoms with Crippen molar-refractivity contribution >= 4 is 5.91 Å². The van der Waals surface area contributed by atoms with Crippen LogP contribution in [-0.2, 0) is 11.3 Å². The number of carbonyl (C=O) groups excluding carboxylic acids is 1. The molecule has 2 heterocycles. The largest absolute Gasteiger partial charge is 0.425 e. The molecule has 0 atom stereocenters. The van der Waals surface area contributed by atoms with Crippen molar-refractivity contribution in [1.82, 2.24) is 20.4 Å². The lowest BCUT2D eigenvalue weighted by Gasteiger charge is -2.29. The first-order chi connectivity index (χ1) is 12.5. The summed E-state index contributed by atoms with van der Waals surface area (Å²) in [7, 11) is 0. The highest BCUT2D eigenvalue weighted by Gasteiger charge is 2.26. The zero-order valence-corrected chi connectivity index (χ0v) is 15.2. The minimum atomic E-state index is -0.273. The monoisotopic (exact) mass is 360 g/mol. The summed E-state index contributed by atoms with van der Waals surface area (Å²) in [6, 6.07) is 6.15. The second kappa shape index (κ2) is 8.40. The molecule has 26 heavy (non-hydrogen) atoms. The second-order valence-corrected chi connectivity index (χ2v) is 7.09. The normalized spacial score (nSPS) is 16.2. The second-order valence-electron chi connectivity index (χ2n) is 7.09. The van der Waals surface area contributed by atoms with Crippen molar-refractivity contribution in [3.8, 4) is 0 Å². The van der Waals surface area contributed by atoms with Gasteiger partial charge >= 0.3 is 0 Å². The zero-order valence-electron chi connectivity index (χ0n) is 15.2. The number of hydrogen-bond donors (Lipinski definition) is 1. The van der Waals surface area contributed by atoms with Crippen LogP contribution in [0.1, 0.15) is 55.9 Å². The number of carbonyl (C=O) groups is 1. The third-order valence-electron chi connectivity index (χ3n) is 4.66. The average molecular weight is 360 g/mol. The maximum atomic E-state index is 12.9. The molecule has 0 aliphatic carbocycles. The Kier molecular flexibility index (Phi) is 5.98. The van der Waals surface area contributed by atoms with Gasteiger partial charge in [0.2, 0.25) is 17.7 Å². The molecule has 0 bridgehead atoms. The molecule has 1 amide bonds. The third kappa shape index (κ3) is 4.88. The summed E-state index contributed by atoms with van der Waals surface area (Å²) >= 11 is 0. The summed E-state index contributed by atoms with van der Waals surface area (Å²) in [4.78, 5) is 14.2. The molecule has 1 aromatic heterocycles. The predicted molar refractivity (Wildman–Crippen MR) is 95.0 cm³/mol. The van der Waals surface area contributed by atoms with E-state index in [1.165, 1.54) is 12.1 Å². The Morgan fingerprint density at radius 2 is 1.96 bits per heavy atom. The summed E-state index contributed by atoms with van der Waals surface area (Å²) in [6.45, 7) is 6.50. The van der Waals surface area contributed by atoms with Crippen LogP contribution in [0.2, 0.25) is 0 Å². The minimum Gasteiger partial charge on any atom is -0.425 e. The average Bonchev–Trinajstić information content (AvgIpc) is 3.12. The van der Waals surface area contributed by atoms with Gasteiger partial charge < -0.3 is 9.73 Å². The number of hydrogen-bond acceptors (Lipinski definition) is 5. The van der Waals surface area contributed by atoms with E-state index in [-0.39, 0.29) is 23.6 Å². The Labute approximate surface area is 152 Å².